The Hall–Kier alpha value is -1.39. The number of hydrogen-bond donors (Lipinski definition) is 1. The van der Waals surface area contributed by atoms with Crippen molar-refractivity contribution in [3.63, 3.8) is 0 Å². The summed E-state index contributed by atoms with van der Waals surface area (Å²) in [5, 5.41) is 0. The van der Waals surface area contributed by atoms with E-state index in [9.17, 15) is 4.79 Å². The van der Waals surface area contributed by atoms with Gasteiger partial charge in [0, 0.05) is 25.7 Å². The molecule has 1 unspecified atom stereocenters. The Morgan fingerprint density at radius 3 is 2.65 bits per heavy atom. The zero-order chi connectivity index (χ0) is 16.8. The summed E-state index contributed by atoms with van der Waals surface area (Å²) in [7, 11) is 2.13. The van der Waals surface area contributed by atoms with Gasteiger partial charge in [0.1, 0.15) is 0 Å². The Kier molecular flexibility index (Phi) is 6.60. The van der Waals surface area contributed by atoms with Gasteiger partial charge in [0.05, 0.1) is 6.04 Å². The maximum Gasteiger partial charge on any atom is 0.240 e. The summed E-state index contributed by atoms with van der Waals surface area (Å²) in [6.07, 6.45) is 3.37. The van der Waals surface area contributed by atoms with Crippen LogP contribution in [0, 0.1) is 5.92 Å². The smallest absolute Gasteiger partial charge is 0.240 e. The molecule has 23 heavy (non-hydrogen) atoms. The second-order valence-electron chi connectivity index (χ2n) is 7.13. The van der Waals surface area contributed by atoms with Crippen molar-refractivity contribution in [2.45, 2.75) is 51.7 Å². The fourth-order valence-electron chi connectivity index (χ4n) is 3.28. The third-order valence-electron chi connectivity index (χ3n) is 4.73. The minimum Gasteiger partial charge on any atom is -0.337 e. The SMILES string of the molecule is CC(C)C(N)C(=O)N1CCCC[C@H]1CN(C)Cc1ccccc1. The summed E-state index contributed by atoms with van der Waals surface area (Å²) in [6, 6.07) is 10.4. The number of nitrogens with two attached hydrogens (primary N) is 1. The molecule has 0 bridgehead atoms. The molecule has 1 aromatic carbocycles. The summed E-state index contributed by atoms with van der Waals surface area (Å²) in [5.74, 6) is 0.310. The van der Waals surface area contributed by atoms with Gasteiger partial charge in [0.25, 0.3) is 0 Å². The standard InChI is InChI=1S/C19H31N3O/c1-15(2)18(20)19(23)22-12-8-7-11-17(22)14-21(3)13-16-9-5-4-6-10-16/h4-6,9-10,15,17-18H,7-8,11-14,20H2,1-3H3/t17-,18?/m0/s1. The van der Waals surface area contributed by atoms with E-state index in [1.807, 2.05) is 24.8 Å². The van der Waals surface area contributed by atoms with Crippen LogP contribution in [0.15, 0.2) is 30.3 Å². The van der Waals surface area contributed by atoms with E-state index in [1.54, 1.807) is 0 Å². The molecule has 2 N–H and O–H groups in total. The van der Waals surface area contributed by atoms with Gasteiger partial charge in [-0.3, -0.25) is 4.79 Å². The van der Waals surface area contributed by atoms with Gasteiger partial charge in [-0.1, -0.05) is 44.2 Å². The molecule has 1 aromatic rings. The van der Waals surface area contributed by atoms with Gasteiger partial charge in [0.2, 0.25) is 5.91 Å². The van der Waals surface area contributed by atoms with Crippen LogP contribution in [0.4, 0.5) is 0 Å². The van der Waals surface area contributed by atoms with E-state index in [2.05, 4.69) is 36.2 Å². The van der Waals surface area contributed by atoms with E-state index in [0.717, 1.165) is 32.5 Å². The van der Waals surface area contributed by atoms with Crippen LogP contribution >= 0.6 is 0 Å². The summed E-state index contributed by atoms with van der Waals surface area (Å²) in [6.45, 7) is 6.70. The molecule has 0 saturated carbocycles. The van der Waals surface area contributed by atoms with Crippen LogP contribution in [0.2, 0.25) is 0 Å². The number of likely N-dealkylation sites (N-methyl/N-ethyl adjacent to an activating group) is 1. The zero-order valence-corrected chi connectivity index (χ0v) is 14.7. The van der Waals surface area contributed by atoms with Gasteiger partial charge >= 0.3 is 0 Å². The third-order valence-corrected chi connectivity index (χ3v) is 4.73. The number of carbonyl (C=O) groups is 1. The van der Waals surface area contributed by atoms with Crippen LogP contribution in [0.3, 0.4) is 0 Å². The predicted octanol–water partition coefficient (Wildman–Crippen LogP) is 2.48. The van der Waals surface area contributed by atoms with E-state index >= 15 is 0 Å². The molecule has 2 atom stereocenters. The Bertz CT molecular complexity index is 489. The molecule has 4 nitrogen and oxygen atoms in total. The number of benzene rings is 1. The highest BCUT2D eigenvalue weighted by Crippen LogP contribution is 2.20. The van der Waals surface area contributed by atoms with Crippen LogP contribution in [0.1, 0.15) is 38.7 Å². The van der Waals surface area contributed by atoms with E-state index in [4.69, 9.17) is 5.73 Å². The van der Waals surface area contributed by atoms with Crippen molar-refractivity contribution in [1.82, 2.24) is 9.80 Å². The molecule has 1 amide bonds. The number of rotatable bonds is 6. The summed E-state index contributed by atoms with van der Waals surface area (Å²) < 4.78 is 0. The first kappa shape index (κ1) is 18.0. The van der Waals surface area contributed by atoms with Gasteiger partial charge in [-0.15, -0.1) is 0 Å². The van der Waals surface area contributed by atoms with Gasteiger partial charge in [0.15, 0.2) is 0 Å². The van der Waals surface area contributed by atoms with E-state index in [-0.39, 0.29) is 23.9 Å². The molecular formula is C19H31N3O. The van der Waals surface area contributed by atoms with Crippen molar-refractivity contribution >= 4 is 5.91 Å². The van der Waals surface area contributed by atoms with E-state index < -0.39 is 0 Å². The molecule has 0 spiro atoms. The Balaban J connectivity index is 1.96. The number of piperidine rings is 1. The van der Waals surface area contributed by atoms with Gasteiger partial charge in [-0.2, -0.15) is 0 Å². The predicted molar refractivity (Wildman–Crippen MR) is 94.9 cm³/mol. The second-order valence-corrected chi connectivity index (χ2v) is 7.13. The van der Waals surface area contributed by atoms with Gasteiger partial charge < -0.3 is 15.5 Å². The van der Waals surface area contributed by atoms with E-state index in [1.165, 1.54) is 12.0 Å². The molecule has 0 aliphatic carbocycles. The van der Waals surface area contributed by atoms with Crippen LogP contribution in [0.25, 0.3) is 0 Å². The number of nitrogens with zero attached hydrogens (tertiary/aromatic N) is 2. The largest absolute Gasteiger partial charge is 0.337 e. The highest BCUT2D eigenvalue weighted by molar-refractivity contribution is 5.82. The molecule has 128 valence electrons. The molecular weight excluding hydrogens is 286 g/mol. The average Bonchev–Trinajstić information content (AvgIpc) is 2.54. The topological polar surface area (TPSA) is 49.6 Å². The lowest BCUT2D eigenvalue weighted by Gasteiger charge is -2.39. The molecule has 2 rings (SSSR count). The van der Waals surface area contributed by atoms with Crippen molar-refractivity contribution in [3.05, 3.63) is 35.9 Å². The maximum atomic E-state index is 12.7. The fourth-order valence-corrected chi connectivity index (χ4v) is 3.28. The lowest BCUT2D eigenvalue weighted by atomic mass is 9.97. The highest BCUT2D eigenvalue weighted by atomic mass is 16.2. The summed E-state index contributed by atoms with van der Waals surface area (Å²) in [4.78, 5) is 17.0. The zero-order valence-electron chi connectivity index (χ0n) is 14.7. The fraction of sp³-hybridized carbons (Fsp3) is 0.632. The lowest BCUT2D eigenvalue weighted by Crippen LogP contribution is -2.55. The Labute approximate surface area is 140 Å². The molecule has 1 aliphatic rings. The van der Waals surface area contributed by atoms with Crippen molar-refractivity contribution in [1.29, 1.82) is 0 Å². The minimum atomic E-state index is -0.380. The van der Waals surface area contributed by atoms with Crippen LogP contribution in [0.5, 0.6) is 0 Å². The van der Waals surface area contributed by atoms with Crippen molar-refractivity contribution < 1.29 is 4.79 Å². The van der Waals surface area contributed by atoms with Crippen molar-refractivity contribution in [2.75, 3.05) is 20.1 Å². The van der Waals surface area contributed by atoms with E-state index in [0.29, 0.717) is 0 Å². The normalized spacial score (nSPS) is 20.1. The maximum absolute atomic E-state index is 12.7. The lowest BCUT2D eigenvalue weighted by molar-refractivity contribution is -0.137. The molecule has 1 fully saturated rings. The number of carbonyl (C=O) groups excluding carboxylic acids is 1. The molecule has 1 saturated heterocycles. The van der Waals surface area contributed by atoms with Gasteiger partial charge in [-0.05, 0) is 37.8 Å². The molecule has 1 heterocycles. The molecule has 0 radical (unpaired) electrons. The first-order valence-electron chi connectivity index (χ1n) is 8.77. The Morgan fingerprint density at radius 1 is 1.30 bits per heavy atom. The Morgan fingerprint density at radius 2 is 2.00 bits per heavy atom. The molecule has 4 heteroatoms. The first-order valence-corrected chi connectivity index (χ1v) is 8.77. The van der Waals surface area contributed by atoms with Crippen LogP contribution < -0.4 is 5.73 Å². The van der Waals surface area contributed by atoms with Crippen molar-refractivity contribution in [3.8, 4) is 0 Å². The summed E-state index contributed by atoms with van der Waals surface area (Å²) >= 11 is 0. The van der Waals surface area contributed by atoms with Crippen LogP contribution in [-0.2, 0) is 11.3 Å². The highest BCUT2D eigenvalue weighted by Gasteiger charge is 2.31. The number of amides is 1. The number of hydrogen-bond acceptors (Lipinski definition) is 3. The molecule has 1 aliphatic heterocycles. The van der Waals surface area contributed by atoms with Crippen LogP contribution in [-0.4, -0.2) is 47.9 Å². The third kappa shape index (κ3) is 5.05. The monoisotopic (exact) mass is 317 g/mol. The quantitative estimate of drug-likeness (QED) is 0.877. The molecule has 0 aromatic heterocycles. The van der Waals surface area contributed by atoms with Crippen molar-refractivity contribution in [2.24, 2.45) is 11.7 Å². The summed E-state index contributed by atoms with van der Waals surface area (Å²) in [5.41, 5.74) is 7.41. The second kappa shape index (κ2) is 8.46. The minimum absolute atomic E-state index is 0.123. The first-order chi connectivity index (χ1) is 11.0. The average molecular weight is 317 g/mol. The van der Waals surface area contributed by atoms with Gasteiger partial charge in [-0.25, -0.2) is 0 Å². The number of likely N-dealkylation sites (tertiary alicyclic amines) is 1.